The summed E-state index contributed by atoms with van der Waals surface area (Å²) >= 11 is 0. The lowest BCUT2D eigenvalue weighted by Gasteiger charge is -2.14. The average molecular weight is 492 g/mol. The first-order chi connectivity index (χ1) is 17.4. The Hall–Kier alpha value is -4.33. The second kappa shape index (κ2) is 10.5. The summed E-state index contributed by atoms with van der Waals surface area (Å²) in [6.45, 7) is 2.44. The van der Waals surface area contributed by atoms with E-state index in [0.29, 0.717) is 57.1 Å². The predicted molar refractivity (Wildman–Crippen MR) is 134 cm³/mol. The number of amides is 1. The van der Waals surface area contributed by atoms with Gasteiger partial charge in [-0.3, -0.25) is 4.79 Å². The van der Waals surface area contributed by atoms with Crippen LogP contribution in [-0.4, -0.2) is 39.8 Å². The predicted octanol–water partition coefficient (Wildman–Crippen LogP) is 5.85. The zero-order valence-corrected chi connectivity index (χ0v) is 20.4. The van der Waals surface area contributed by atoms with Crippen LogP contribution in [0.3, 0.4) is 0 Å². The normalized spacial score (nSPS) is 10.8. The minimum atomic E-state index is -0.543. The number of carbonyl (C=O) groups excluding carboxylic acids is 2. The van der Waals surface area contributed by atoms with E-state index in [0.717, 1.165) is 6.42 Å². The molecule has 0 saturated carbocycles. The lowest BCUT2D eigenvalue weighted by atomic mass is 9.97. The van der Waals surface area contributed by atoms with Crippen LogP contribution in [-0.2, 0) is 4.74 Å². The van der Waals surface area contributed by atoms with Gasteiger partial charge < -0.3 is 23.9 Å². The number of esters is 1. The van der Waals surface area contributed by atoms with E-state index in [-0.39, 0.29) is 11.5 Å². The highest BCUT2D eigenvalue weighted by Crippen LogP contribution is 2.41. The van der Waals surface area contributed by atoms with Gasteiger partial charge in [0.2, 0.25) is 0 Å². The van der Waals surface area contributed by atoms with Crippen molar-refractivity contribution in [2.24, 2.45) is 0 Å². The summed E-state index contributed by atoms with van der Waals surface area (Å²) in [5.41, 5.74) is 2.87. The zero-order valence-electron chi connectivity index (χ0n) is 20.4. The molecule has 0 aliphatic heterocycles. The van der Waals surface area contributed by atoms with Gasteiger partial charge in [0.05, 0.1) is 26.4 Å². The summed E-state index contributed by atoms with van der Waals surface area (Å²) in [7, 11) is 4.30. The number of hydrogen-bond acceptors (Lipinski definition) is 6. The molecule has 1 amide bonds. The first-order valence-corrected chi connectivity index (χ1v) is 11.4. The molecule has 4 rings (SSSR count). The molecular weight excluding hydrogens is 465 g/mol. The van der Waals surface area contributed by atoms with E-state index >= 15 is 0 Å². The molecule has 1 N–H and O–H groups in total. The number of benzene rings is 3. The molecule has 0 fully saturated rings. The van der Waals surface area contributed by atoms with Crippen molar-refractivity contribution in [3.8, 4) is 33.9 Å². The molecule has 0 unspecified atom stereocenters. The van der Waals surface area contributed by atoms with Gasteiger partial charge in [-0.25, -0.2) is 9.18 Å². The highest BCUT2D eigenvalue weighted by atomic mass is 19.1. The molecule has 1 aromatic heterocycles. The Morgan fingerprint density at radius 3 is 2.33 bits per heavy atom. The van der Waals surface area contributed by atoms with Crippen molar-refractivity contribution in [2.45, 2.75) is 13.3 Å². The summed E-state index contributed by atoms with van der Waals surface area (Å²) in [6, 6.07) is 14.4. The standard InChI is InChI=1S/C28H26FNO6/c1-5-12-35-23-15-24-20(14-19(23)17-8-11-22(33-3)21(13-17)28(32)34-4)25(27(31)30-2)26(36-24)16-6-9-18(29)10-7-16/h6-11,13-15H,5,12H2,1-4H3,(H,30,31). The Morgan fingerprint density at radius 2 is 1.69 bits per heavy atom. The van der Waals surface area contributed by atoms with Crippen molar-refractivity contribution < 1.29 is 32.6 Å². The molecule has 186 valence electrons. The highest BCUT2D eigenvalue weighted by Gasteiger charge is 2.24. The van der Waals surface area contributed by atoms with Gasteiger partial charge in [-0.1, -0.05) is 13.0 Å². The fourth-order valence-electron chi connectivity index (χ4n) is 3.98. The van der Waals surface area contributed by atoms with Gasteiger partial charge in [-0.15, -0.1) is 0 Å². The van der Waals surface area contributed by atoms with Gasteiger partial charge in [-0.05, 0) is 54.4 Å². The fraction of sp³-hybridized carbons (Fsp3) is 0.214. The van der Waals surface area contributed by atoms with E-state index in [1.807, 2.05) is 6.92 Å². The number of halogens is 1. The molecule has 0 saturated heterocycles. The van der Waals surface area contributed by atoms with Crippen LogP contribution in [0.5, 0.6) is 11.5 Å². The van der Waals surface area contributed by atoms with Crippen LogP contribution >= 0.6 is 0 Å². The molecule has 36 heavy (non-hydrogen) atoms. The van der Waals surface area contributed by atoms with Crippen molar-refractivity contribution >= 4 is 22.8 Å². The van der Waals surface area contributed by atoms with E-state index in [4.69, 9.17) is 18.6 Å². The van der Waals surface area contributed by atoms with Crippen LogP contribution in [0.1, 0.15) is 34.1 Å². The number of nitrogens with one attached hydrogen (secondary N) is 1. The molecule has 3 aromatic carbocycles. The van der Waals surface area contributed by atoms with Gasteiger partial charge in [0.1, 0.15) is 34.2 Å². The number of furan rings is 1. The molecule has 0 bridgehead atoms. The Morgan fingerprint density at radius 1 is 0.972 bits per heavy atom. The maximum absolute atomic E-state index is 13.5. The number of ether oxygens (including phenoxy) is 3. The maximum atomic E-state index is 13.5. The van der Waals surface area contributed by atoms with Crippen molar-refractivity contribution in [3.63, 3.8) is 0 Å². The molecule has 0 atom stereocenters. The van der Waals surface area contributed by atoms with Crippen molar-refractivity contribution in [3.05, 3.63) is 71.5 Å². The SMILES string of the molecule is CCCOc1cc2oc(-c3ccc(F)cc3)c(C(=O)NC)c2cc1-c1ccc(OC)c(C(=O)OC)c1. The first-order valence-electron chi connectivity index (χ1n) is 11.4. The number of hydrogen-bond donors (Lipinski definition) is 1. The quantitative estimate of drug-likeness (QED) is 0.311. The highest BCUT2D eigenvalue weighted by molar-refractivity contribution is 6.12. The third-order valence-electron chi connectivity index (χ3n) is 5.73. The minimum Gasteiger partial charge on any atom is -0.496 e. The van der Waals surface area contributed by atoms with E-state index in [1.165, 1.54) is 33.4 Å². The third kappa shape index (κ3) is 4.62. The molecule has 8 heteroatoms. The molecule has 0 spiro atoms. The van der Waals surface area contributed by atoms with Gasteiger partial charge in [-0.2, -0.15) is 0 Å². The summed E-state index contributed by atoms with van der Waals surface area (Å²) in [4.78, 5) is 25.4. The Bertz CT molecular complexity index is 1420. The van der Waals surface area contributed by atoms with Crippen molar-refractivity contribution in [1.82, 2.24) is 5.32 Å². The molecule has 4 aromatic rings. The minimum absolute atomic E-state index is 0.254. The lowest BCUT2D eigenvalue weighted by molar-refractivity contribution is 0.0597. The number of methoxy groups -OCH3 is 2. The van der Waals surface area contributed by atoms with Crippen molar-refractivity contribution in [1.29, 1.82) is 0 Å². The largest absolute Gasteiger partial charge is 0.496 e. The molecule has 0 aliphatic rings. The molecule has 1 heterocycles. The Labute approximate surface area is 207 Å². The summed E-state index contributed by atoms with van der Waals surface area (Å²) in [6.07, 6.45) is 0.774. The maximum Gasteiger partial charge on any atom is 0.341 e. The molecule has 0 aliphatic carbocycles. The van der Waals surface area contributed by atoms with Gasteiger partial charge in [0.25, 0.3) is 5.91 Å². The van der Waals surface area contributed by atoms with Gasteiger partial charge >= 0.3 is 5.97 Å². The average Bonchev–Trinajstić information content (AvgIpc) is 3.28. The van der Waals surface area contributed by atoms with Gasteiger partial charge in [0, 0.05) is 29.6 Å². The van der Waals surface area contributed by atoms with Crippen molar-refractivity contribution in [2.75, 3.05) is 27.9 Å². The zero-order chi connectivity index (χ0) is 25.8. The molecular formula is C28H26FNO6. The van der Waals surface area contributed by atoms with Crippen LogP contribution in [0.4, 0.5) is 4.39 Å². The second-order valence-corrected chi connectivity index (χ2v) is 7.99. The van der Waals surface area contributed by atoms with E-state index < -0.39 is 11.8 Å². The van der Waals surface area contributed by atoms with Gasteiger partial charge in [0.15, 0.2) is 0 Å². The van der Waals surface area contributed by atoms with E-state index in [1.54, 1.807) is 42.5 Å². The summed E-state index contributed by atoms with van der Waals surface area (Å²) in [5.74, 6) is -0.0865. The van der Waals surface area contributed by atoms with Crippen LogP contribution < -0.4 is 14.8 Å². The van der Waals surface area contributed by atoms with Crippen LogP contribution in [0.2, 0.25) is 0 Å². The summed E-state index contributed by atoms with van der Waals surface area (Å²) < 4.78 is 35.9. The van der Waals surface area contributed by atoms with Crippen LogP contribution in [0.25, 0.3) is 33.4 Å². The Balaban J connectivity index is 1.99. The Kier molecular flexibility index (Phi) is 7.24. The molecule has 7 nitrogen and oxygen atoms in total. The first kappa shape index (κ1) is 24.8. The smallest absolute Gasteiger partial charge is 0.341 e. The van der Waals surface area contributed by atoms with E-state index in [9.17, 15) is 14.0 Å². The number of rotatable bonds is 8. The van der Waals surface area contributed by atoms with E-state index in [2.05, 4.69) is 5.32 Å². The summed E-state index contributed by atoms with van der Waals surface area (Å²) in [5, 5.41) is 3.20. The monoisotopic (exact) mass is 491 g/mol. The third-order valence-corrected chi connectivity index (χ3v) is 5.73. The van der Waals surface area contributed by atoms with Crippen LogP contribution in [0.15, 0.2) is 59.0 Å². The second-order valence-electron chi connectivity index (χ2n) is 7.99. The lowest BCUT2D eigenvalue weighted by Crippen LogP contribution is -2.18. The topological polar surface area (TPSA) is 87.0 Å². The van der Waals surface area contributed by atoms with Crippen LogP contribution in [0, 0.1) is 5.82 Å². The number of carbonyl (C=O) groups is 2. The fourth-order valence-corrected chi connectivity index (χ4v) is 3.98. The molecule has 0 radical (unpaired) electrons. The number of fused-ring (bicyclic) bond motifs is 1.